The summed E-state index contributed by atoms with van der Waals surface area (Å²) in [4.78, 5) is 6.94. The Bertz CT molecular complexity index is 934. The van der Waals surface area contributed by atoms with Crippen molar-refractivity contribution in [3.05, 3.63) is 82.7 Å². The zero-order valence-corrected chi connectivity index (χ0v) is 14.2. The maximum Gasteiger partial charge on any atom is 0.194 e. The molecule has 0 aliphatic rings. The van der Waals surface area contributed by atoms with E-state index in [4.69, 9.17) is 4.98 Å². The normalized spacial score (nSPS) is 11.2. The van der Waals surface area contributed by atoms with Crippen LogP contribution in [0.2, 0.25) is 0 Å². The molecule has 4 aromatic rings. The fourth-order valence-electron chi connectivity index (χ4n) is 2.78. The second kappa shape index (κ2) is 6.21. The van der Waals surface area contributed by atoms with Crippen molar-refractivity contribution in [2.45, 2.75) is 19.8 Å². The number of aromatic nitrogens is 2. The molecule has 0 aliphatic heterocycles. The van der Waals surface area contributed by atoms with Gasteiger partial charge in [0.1, 0.15) is 5.82 Å². The Kier molecular flexibility index (Phi) is 3.90. The molecular weight excluding hydrogens is 319 g/mol. The van der Waals surface area contributed by atoms with Crippen LogP contribution in [0.25, 0.3) is 16.2 Å². The lowest BCUT2D eigenvalue weighted by atomic mass is 10.1. The van der Waals surface area contributed by atoms with E-state index in [1.165, 1.54) is 22.6 Å². The molecule has 0 amide bonds. The minimum atomic E-state index is -0.196. The number of halogens is 1. The molecular formula is C20H17FN2S. The Morgan fingerprint density at radius 3 is 2.33 bits per heavy atom. The summed E-state index contributed by atoms with van der Waals surface area (Å²) in [5.41, 5.74) is 4.58. The van der Waals surface area contributed by atoms with E-state index in [9.17, 15) is 4.39 Å². The number of hydrogen-bond donors (Lipinski definition) is 0. The summed E-state index contributed by atoms with van der Waals surface area (Å²) in [6.07, 6.45) is 6.03. The van der Waals surface area contributed by atoms with E-state index < -0.39 is 0 Å². The van der Waals surface area contributed by atoms with E-state index in [-0.39, 0.29) is 5.82 Å². The van der Waals surface area contributed by atoms with Crippen molar-refractivity contribution in [2.24, 2.45) is 0 Å². The Morgan fingerprint density at radius 2 is 1.67 bits per heavy atom. The molecule has 0 bridgehead atoms. The number of nitrogens with zero attached hydrogens (tertiary/aromatic N) is 2. The highest BCUT2D eigenvalue weighted by Gasteiger charge is 2.09. The molecule has 0 aliphatic carbocycles. The van der Waals surface area contributed by atoms with Gasteiger partial charge in [0.05, 0.1) is 5.69 Å². The zero-order chi connectivity index (χ0) is 16.5. The molecule has 4 rings (SSSR count). The second-order valence-corrected chi connectivity index (χ2v) is 6.96. The first-order valence-corrected chi connectivity index (χ1v) is 8.84. The summed E-state index contributed by atoms with van der Waals surface area (Å²) in [5.74, 6) is -0.196. The number of thiazole rings is 1. The van der Waals surface area contributed by atoms with Crippen LogP contribution in [0.5, 0.6) is 0 Å². The van der Waals surface area contributed by atoms with Gasteiger partial charge in [0.2, 0.25) is 0 Å². The average molecular weight is 336 g/mol. The molecule has 0 radical (unpaired) electrons. The molecule has 2 aromatic carbocycles. The van der Waals surface area contributed by atoms with Crippen molar-refractivity contribution in [3.63, 3.8) is 0 Å². The van der Waals surface area contributed by atoms with Crippen molar-refractivity contribution < 1.29 is 4.39 Å². The number of fused-ring (bicyclic) bond motifs is 1. The third-order valence-electron chi connectivity index (χ3n) is 4.15. The van der Waals surface area contributed by atoms with Crippen LogP contribution in [0.1, 0.15) is 22.9 Å². The molecule has 0 fully saturated rings. The van der Waals surface area contributed by atoms with Crippen molar-refractivity contribution >= 4 is 16.3 Å². The van der Waals surface area contributed by atoms with Gasteiger partial charge in [-0.3, -0.25) is 4.40 Å². The number of hydrogen-bond acceptors (Lipinski definition) is 2. The number of imidazole rings is 1. The molecule has 0 spiro atoms. The quantitative estimate of drug-likeness (QED) is 0.491. The molecule has 0 unspecified atom stereocenters. The minimum Gasteiger partial charge on any atom is -0.297 e. The summed E-state index contributed by atoms with van der Waals surface area (Å²) < 4.78 is 15.1. The minimum absolute atomic E-state index is 0.196. The van der Waals surface area contributed by atoms with Crippen LogP contribution in [-0.2, 0) is 12.8 Å². The first-order chi connectivity index (χ1) is 11.7. The Morgan fingerprint density at radius 1 is 0.958 bits per heavy atom. The molecule has 0 saturated carbocycles. The number of aryl methyl sites for hydroxylation is 1. The van der Waals surface area contributed by atoms with E-state index >= 15 is 0 Å². The predicted octanol–water partition coefficient (Wildman–Crippen LogP) is 5.36. The third-order valence-corrected chi connectivity index (χ3v) is 5.15. The fraction of sp³-hybridized carbons (Fsp3) is 0.150. The maximum atomic E-state index is 13.0. The van der Waals surface area contributed by atoms with Gasteiger partial charge in [-0.25, -0.2) is 9.37 Å². The molecule has 24 heavy (non-hydrogen) atoms. The van der Waals surface area contributed by atoms with E-state index in [2.05, 4.69) is 48.0 Å². The smallest absolute Gasteiger partial charge is 0.194 e. The highest BCUT2D eigenvalue weighted by molar-refractivity contribution is 7.17. The van der Waals surface area contributed by atoms with Crippen molar-refractivity contribution in [1.82, 2.24) is 9.38 Å². The van der Waals surface area contributed by atoms with Crippen LogP contribution in [0.4, 0.5) is 4.39 Å². The van der Waals surface area contributed by atoms with Crippen LogP contribution in [0, 0.1) is 5.82 Å². The van der Waals surface area contributed by atoms with E-state index in [1.807, 2.05) is 12.1 Å². The van der Waals surface area contributed by atoms with Gasteiger partial charge >= 0.3 is 0 Å². The third kappa shape index (κ3) is 2.97. The molecule has 2 aromatic heterocycles. The van der Waals surface area contributed by atoms with Crippen molar-refractivity contribution in [2.75, 3.05) is 0 Å². The molecule has 2 heterocycles. The molecule has 120 valence electrons. The molecule has 0 atom stereocenters. The Balaban J connectivity index is 1.58. The lowest BCUT2D eigenvalue weighted by Crippen LogP contribution is -1.85. The van der Waals surface area contributed by atoms with Gasteiger partial charge in [-0.2, -0.15) is 0 Å². The summed E-state index contributed by atoms with van der Waals surface area (Å²) in [7, 11) is 0. The Labute approximate surface area is 144 Å². The van der Waals surface area contributed by atoms with Gasteiger partial charge in [0.15, 0.2) is 4.96 Å². The van der Waals surface area contributed by atoms with Crippen LogP contribution >= 0.6 is 11.3 Å². The predicted molar refractivity (Wildman–Crippen MR) is 97.1 cm³/mol. The molecule has 4 heteroatoms. The molecule has 0 saturated heterocycles. The van der Waals surface area contributed by atoms with Gasteiger partial charge in [0, 0.05) is 29.3 Å². The fourth-order valence-corrected chi connectivity index (χ4v) is 3.77. The van der Waals surface area contributed by atoms with Gasteiger partial charge in [-0.15, -0.1) is 11.3 Å². The van der Waals surface area contributed by atoms with Gasteiger partial charge in [-0.05, 0) is 29.7 Å². The largest absolute Gasteiger partial charge is 0.297 e. The molecule has 0 N–H and O–H groups in total. The Hall–Kier alpha value is -2.46. The maximum absolute atomic E-state index is 13.0. The summed E-state index contributed by atoms with van der Waals surface area (Å²) >= 11 is 1.68. The van der Waals surface area contributed by atoms with Crippen LogP contribution in [-0.4, -0.2) is 9.38 Å². The standard InChI is InChI=1S/C20H17FN2S/c1-2-14-3-7-16(8-4-14)19-13-23-12-18(24-20(23)22-19)11-15-5-9-17(21)10-6-15/h3-10,12-13H,2,11H2,1H3. The SMILES string of the molecule is CCc1ccc(-c2cn3cc(Cc4ccc(F)cc4)sc3n2)cc1. The highest BCUT2D eigenvalue weighted by atomic mass is 32.1. The van der Waals surface area contributed by atoms with E-state index in [1.54, 1.807) is 11.3 Å². The number of benzene rings is 2. The first-order valence-electron chi connectivity index (χ1n) is 8.02. The van der Waals surface area contributed by atoms with Crippen molar-refractivity contribution in [1.29, 1.82) is 0 Å². The second-order valence-electron chi connectivity index (χ2n) is 5.87. The zero-order valence-electron chi connectivity index (χ0n) is 13.4. The summed E-state index contributed by atoms with van der Waals surface area (Å²) in [6.45, 7) is 2.16. The summed E-state index contributed by atoms with van der Waals surface area (Å²) in [5, 5.41) is 0. The van der Waals surface area contributed by atoms with Crippen LogP contribution in [0.3, 0.4) is 0 Å². The summed E-state index contributed by atoms with van der Waals surface area (Å²) in [6, 6.07) is 15.2. The lowest BCUT2D eigenvalue weighted by Gasteiger charge is -1.99. The topological polar surface area (TPSA) is 17.3 Å². The average Bonchev–Trinajstić information content (AvgIpc) is 3.15. The molecule has 2 nitrogen and oxygen atoms in total. The lowest BCUT2D eigenvalue weighted by molar-refractivity contribution is 0.627. The monoisotopic (exact) mass is 336 g/mol. The van der Waals surface area contributed by atoms with Gasteiger partial charge < -0.3 is 0 Å². The first kappa shape index (κ1) is 15.1. The van der Waals surface area contributed by atoms with Crippen LogP contribution < -0.4 is 0 Å². The van der Waals surface area contributed by atoms with Crippen molar-refractivity contribution in [3.8, 4) is 11.3 Å². The highest BCUT2D eigenvalue weighted by Crippen LogP contribution is 2.25. The van der Waals surface area contributed by atoms with E-state index in [0.29, 0.717) is 0 Å². The van der Waals surface area contributed by atoms with Crippen LogP contribution in [0.15, 0.2) is 60.9 Å². The van der Waals surface area contributed by atoms with Gasteiger partial charge in [0.25, 0.3) is 0 Å². The van der Waals surface area contributed by atoms with Gasteiger partial charge in [-0.1, -0.05) is 43.3 Å². The number of rotatable bonds is 4. The van der Waals surface area contributed by atoms with E-state index in [0.717, 1.165) is 34.6 Å².